The summed E-state index contributed by atoms with van der Waals surface area (Å²) in [4.78, 5) is 16.7. The van der Waals surface area contributed by atoms with Crippen LogP contribution in [0.1, 0.15) is 18.4 Å². The predicted molar refractivity (Wildman–Crippen MR) is 95.1 cm³/mol. The summed E-state index contributed by atoms with van der Waals surface area (Å²) < 4.78 is 5.59. The number of carbonyl (C=O) groups excluding carboxylic acids is 1. The highest BCUT2D eigenvalue weighted by atomic mass is 35.5. The zero-order valence-electron chi connectivity index (χ0n) is 12.8. The molecule has 1 aliphatic rings. The Bertz CT molecular complexity index is 677. The number of anilines is 1. The molecule has 23 heavy (non-hydrogen) atoms. The average Bonchev–Trinajstić information content (AvgIpc) is 3.16. The summed E-state index contributed by atoms with van der Waals surface area (Å²) in [6, 6.07) is 8.06. The fourth-order valence-electron chi connectivity index (χ4n) is 2.57. The van der Waals surface area contributed by atoms with Crippen LogP contribution in [0.2, 0.25) is 0 Å². The molecule has 2 aromatic rings. The van der Waals surface area contributed by atoms with Gasteiger partial charge in [0.2, 0.25) is 0 Å². The number of benzene rings is 1. The summed E-state index contributed by atoms with van der Waals surface area (Å²) in [5.41, 5.74) is 8.69. The monoisotopic (exact) mass is 353 g/mol. The second-order valence-electron chi connectivity index (χ2n) is 5.40. The van der Waals surface area contributed by atoms with Crippen LogP contribution in [0.5, 0.6) is 0 Å². The van der Waals surface area contributed by atoms with Gasteiger partial charge in [-0.1, -0.05) is 24.3 Å². The number of aryl methyl sites for hydroxylation is 1. The smallest absolute Gasteiger partial charge is 0.255 e. The van der Waals surface area contributed by atoms with E-state index >= 15 is 0 Å². The SMILES string of the molecule is Cc1ccccc1-c1csc(NC(=O)[C@@H]2CC[C@H](CN)O2)n1.Cl. The molecule has 1 saturated heterocycles. The molecule has 1 amide bonds. The summed E-state index contributed by atoms with van der Waals surface area (Å²) in [5.74, 6) is -0.137. The zero-order valence-corrected chi connectivity index (χ0v) is 14.5. The minimum absolute atomic E-state index is 0. The number of amides is 1. The first-order valence-electron chi connectivity index (χ1n) is 7.35. The van der Waals surface area contributed by atoms with E-state index < -0.39 is 6.10 Å². The van der Waals surface area contributed by atoms with E-state index in [0.717, 1.165) is 23.2 Å². The van der Waals surface area contributed by atoms with E-state index in [-0.39, 0.29) is 24.4 Å². The van der Waals surface area contributed by atoms with E-state index in [1.807, 2.05) is 36.6 Å². The van der Waals surface area contributed by atoms with Crippen molar-refractivity contribution in [2.24, 2.45) is 5.73 Å². The van der Waals surface area contributed by atoms with Crippen LogP contribution in [0.15, 0.2) is 29.6 Å². The number of hydrogen-bond acceptors (Lipinski definition) is 5. The largest absolute Gasteiger partial charge is 0.364 e. The highest BCUT2D eigenvalue weighted by Gasteiger charge is 2.30. The number of nitrogens with two attached hydrogens (primary N) is 1. The number of nitrogens with one attached hydrogen (secondary N) is 1. The van der Waals surface area contributed by atoms with Crippen LogP contribution in [-0.4, -0.2) is 29.6 Å². The number of rotatable bonds is 4. The second kappa shape index (κ2) is 7.88. The summed E-state index contributed by atoms with van der Waals surface area (Å²) >= 11 is 1.42. The number of halogens is 1. The molecule has 3 rings (SSSR count). The van der Waals surface area contributed by atoms with Gasteiger partial charge < -0.3 is 10.5 Å². The van der Waals surface area contributed by atoms with Gasteiger partial charge in [-0.25, -0.2) is 4.98 Å². The molecular weight excluding hydrogens is 334 g/mol. The van der Waals surface area contributed by atoms with Crippen molar-refractivity contribution in [1.82, 2.24) is 4.98 Å². The fraction of sp³-hybridized carbons (Fsp3) is 0.375. The molecule has 0 aliphatic carbocycles. The molecule has 3 N–H and O–H groups in total. The number of carbonyl (C=O) groups is 1. The lowest BCUT2D eigenvalue weighted by atomic mass is 10.1. The van der Waals surface area contributed by atoms with Gasteiger partial charge in [0, 0.05) is 17.5 Å². The third-order valence-corrected chi connectivity index (χ3v) is 4.58. The number of hydrogen-bond donors (Lipinski definition) is 2. The molecule has 0 radical (unpaired) electrons. The van der Waals surface area contributed by atoms with E-state index in [2.05, 4.69) is 10.3 Å². The van der Waals surface area contributed by atoms with E-state index in [9.17, 15) is 4.79 Å². The Morgan fingerprint density at radius 1 is 1.43 bits per heavy atom. The predicted octanol–water partition coefficient (Wildman–Crippen LogP) is 2.99. The second-order valence-corrected chi connectivity index (χ2v) is 6.26. The first kappa shape index (κ1) is 17.9. The quantitative estimate of drug-likeness (QED) is 0.885. The van der Waals surface area contributed by atoms with Crippen molar-refractivity contribution in [3.63, 3.8) is 0 Å². The molecule has 1 aromatic carbocycles. The zero-order chi connectivity index (χ0) is 15.5. The molecular formula is C16H20ClN3O2S. The van der Waals surface area contributed by atoms with Crippen LogP contribution in [0.3, 0.4) is 0 Å². The number of aromatic nitrogens is 1. The van der Waals surface area contributed by atoms with Gasteiger partial charge in [0.15, 0.2) is 5.13 Å². The molecule has 2 atom stereocenters. The summed E-state index contributed by atoms with van der Waals surface area (Å²) in [6.07, 6.45) is 1.12. The Labute approximate surface area is 145 Å². The molecule has 1 aliphatic heterocycles. The molecule has 0 unspecified atom stereocenters. The van der Waals surface area contributed by atoms with Crippen LogP contribution in [0.25, 0.3) is 11.3 Å². The van der Waals surface area contributed by atoms with Gasteiger partial charge in [-0.05, 0) is 25.3 Å². The third kappa shape index (κ3) is 4.09. The van der Waals surface area contributed by atoms with Crippen LogP contribution in [-0.2, 0) is 9.53 Å². The molecule has 1 aromatic heterocycles. The highest BCUT2D eigenvalue weighted by molar-refractivity contribution is 7.14. The van der Waals surface area contributed by atoms with Gasteiger partial charge in [-0.2, -0.15) is 0 Å². The maximum Gasteiger partial charge on any atom is 0.255 e. The maximum atomic E-state index is 12.2. The third-order valence-electron chi connectivity index (χ3n) is 3.82. The topological polar surface area (TPSA) is 77.2 Å². The van der Waals surface area contributed by atoms with Gasteiger partial charge in [0.25, 0.3) is 5.91 Å². The maximum absolute atomic E-state index is 12.2. The Morgan fingerprint density at radius 2 is 2.22 bits per heavy atom. The van der Waals surface area contributed by atoms with Crippen LogP contribution >= 0.6 is 23.7 Å². The number of thiazole rings is 1. The number of nitrogens with zero attached hydrogens (tertiary/aromatic N) is 1. The van der Waals surface area contributed by atoms with Crippen molar-refractivity contribution in [2.45, 2.75) is 32.0 Å². The first-order chi connectivity index (χ1) is 10.7. The highest BCUT2D eigenvalue weighted by Crippen LogP contribution is 2.28. The van der Waals surface area contributed by atoms with Crippen molar-refractivity contribution in [3.05, 3.63) is 35.2 Å². The Balaban J connectivity index is 0.00000192. The Kier molecular flexibility index (Phi) is 6.12. The normalized spacial score (nSPS) is 20.1. The van der Waals surface area contributed by atoms with Crippen LogP contribution in [0, 0.1) is 6.92 Å². The first-order valence-corrected chi connectivity index (χ1v) is 8.23. The van der Waals surface area contributed by atoms with Crippen molar-refractivity contribution in [3.8, 4) is 11.3 Å². The Hall–Kier alpha value is -1.47. The van der Waals surface area contributed by atoms with Crippen molar-refractivity contribution < 1.29 is 9.53 Å². The van der Waals surface area contributed by atoms with E-state index in [1.165, 1.54) is 11.3 Å². The lowest BCUT2D eigenvalue weighted by Gasteiger charge is -2.11. The van der Waals surface area contributed by atoms with Gasteiger partial charge in [-0.3, -0.25) is 10.1 Å². The van der Waals surface area contributed by atoms with Gasteiger partial charge in [-0.15, -0.1) is 23.7 Å². The molecule has 0 saturated carbocycles. The molecule has 7 heteroatoms. The van der Waals surface area contributed by atoms with Gasteiger partial charge >= 0.3 is 0 Å². The van der Waals surface area contributed by atoms with Crippen molar-refractivity contribution in [1.29, 1.82) is 0 Å². The molecule has 1 fully saturated rings. The van der Waals surface area contributed by atoms with E-state index in [4.69, 9.17) is 10.5 Å². The lowest BCUT2D eigenvalue weighted by molar-refractivity contribution is -0.126. The summed E-state index contributed by atoms with van der Waals surface area (Å²) in [7, 11) is 0. The number of ether oxygens (including phenoxy) is 1. The average molecular weight is 354 g/mol. The van der Waals surface area contributed by atoms with Gasteiger partial charge in [0.05, 0.1) is 11.8 Å². The summed E-state index contributed by atoms with van der Waals surface area (Å²) in [6.45, 7) is 2.50. The summed E-state index contributed by atoms with van der Waals surface area (Å²) in [5, 5.41) is 5.40. The minimum Gasteiger partial charge on any atom is -0.364 e. The Morgan fingerprint density at radius 3 is 2.91 bits per heavy atom. The van der Waals surface area contributed by atoms with Gasteiger partial charge in [0.1, 0.15) is 6.10 Å². The van der Waals surface area contributed by atoms with Crippen LogP contribution in [0.4, 0.5) is 5.13 Å². The molecule has 5 nitrogen and oxygen atoms in total. The molecule has 0 spiro atoms. The van der Waals surface area contributed by atoms with E-state index in [0.29, 0.717) is 18.1 Å². The van der Waals surface area contributed by atoms with Crippen molar-refractivity contribution >= 4 is 34.8 Å². The molecule has 124 valence electrons. The lowest BCUT2D eigenvalue weighted by Crippen LogP contribution is -2.29. The van der Waals surface area contributed by atoms with Crippen molar-refractivity contribution in [2.75, 3.05) is 11.9 Å². The van der Waals surface area contributed by atoms with E-state index in [1.54, 1.807) is 0 Å². The molecule has 2 heterocycles. The fourth-order valence-corrected chi connectivity index (χ4v) is 3.29. The minimum atomic E-state index is -0.417. The molecule has 0 bridgehead atoms. The standard InChI is InChI=1S/C16H19N3O2S.ClH/c1-10-4-2-3-5-12(10)13-9-22-16(18-13)19-15(20)14-7-6-11(8-17)21-14;/h2-5,9,11,14H,6-8,17H2,1H3,(H,18,19,20);1H/t11-,14+;/m1./s1. The van der Waals surface area contributed by atoms with Crippen LogP contribution < -0.4 is 11.1 Å².